The molecule has 0 saturated carbocycles. The maximum Gasteiger partial charge on any atom is 0.410 e. The third-order valence-corrected chi connectivity index (χ3v) is 4.07. The van der Waals surface area contributed by atoms with Gasteiger partial charge in [0.15, 0.2) is 0 Å². The highest BCUT2D eigenvalue weighted by atomic mass is 127. The van der Waals surface area contributed by atoms with Crippen LogP contribution in [0.2, 0.25) is 0 Å². The van der Waals surface area contributed by atoms with Gasteiger partial charge in [0.2, 0.25) is 0 Å². The average Bonchev–Trinajstić information content (AvgIpc) is 2.63. The molecule has 0 heterocycles. The molecule has 2 atom stereocenters. The number of halogens is 1. The number of hydrogen-bond acceptors (Lipinski definition) is 6. The topological polar surface area (TPSA) is 130 Å². The number of likely N-dealkylation sites (N-methyl/N-ethyl adjacent to an activating group) is 1. The van der Waals surface area contributed by atoms with Crippen molar-refractivity contribution in [1.29, 1.82) is 0 Å². The van der Waals surface area contributed by atoms with Crippen LogP contribution in [0.15, 0.2) is 0 Å². The Bertz CT molecular complexity index is 651. The van der Waals surface area contributed by atoms with E-state index in [1.807, 2.05) is 32.6 Å². The second-order valence-electron chi connectivity index (χ2n) is 11.0. The van der Waals surface area contributed by atoms with Crippen molar-refractivity contribution in [1.82, 2.24) is 4.90 Å². The van der Waals surface area contributed by atoms with Crippen LogP contribution in [0.4, 0.5) is 4.79 Å². The summed E-state index contributed by atoms with van der Waals surface area (Å²) in [6, 6.07) is -0.843. The number of ether oxygens (including phenoxy) is 2. The monoisotopic (exact) mass is 617 g/mol. The first kappa shape index (κ1) is 37.9. The number of hydrogen-bond donors (Lipinski definition) is 2. The minimum Gasteiger partial charge on any atom is -0.481 e. The zero-order valence-electron chi connectivity index (χ0n) is 23.6. The van der Waals surface area contributed by atoms with Gasteiger partial charge in [0.1, 0.15) is 17.2 Å². The molecule has 0 aromatic heterocycles. The molecule has 0 rings (SSSR count). The quantitative estimate of drug-likeness (QED) is 0.187. The number of carboxylic acids is 2. The molecule has 0 aliphatic heterocycles. The van der Waals surface area contributed by atoms with E-state index < -0.39 is 47.2 Å². The Morgan fingerprint density at radius 3 is 1.46 bits per heavy atom. The van der Waals surface area contributed by atoms with E-state index in [4.69, 9.17) is 19.7 Å². The molecule has 0 radical (unpaired) electrons. The van der Waals surface area contributed by atoms with Gasteiger partial charge in [-0.2, -0.15) is 0 Å². The number of rotatable bonds is 9. The predicted molar refractivity (Wildman–Crippen MR) is 146 cm³/mol. The normalized spacial score (nSPS) is 12.9. The summed E-state index contributed by atoms with van der Waals surface area (Å²) in [5.41, 5.74) is -1.18. The first-order valence-electron chi connectivity index (χ1n) is 11.7. The summed E-state index contributed by atoms with van der Waals surface area (Å²) >= 11 is 2.15. The van der Waals surface area contributed by atoms with Crippen LogP contribution in [0.5, 0.6) is 0 Å². The van der Waals surface area contributed by atoms with Gasteiger partial charge in [-0.1, -0.05) is 50.3 Å². The van der Waals surface area contributed by atoms with E-state index in [2.05, 4.69) is 22.6 Å². The fraction of sp³-hybridized carbons (Fsp3) is 0.840. The molecule has 0 bridgehead atoms. The van der Waals surface area contributed by atoms with Crippen molar-refractivity contribution in [3.63, 3.8) is 0 Å². The molecule has 0 fully saturated rings. The first-order valence-corrected chi connectivity index (χ1v) is 13.8. The highest BCUT2D eigenvalue weighted by molar-refractivity contribution is 14.1. The van der Waals surface area contributed by atoms with Crippen LogP contribution in [0, 0.1) is 17.8 Å². The minimum absolute atomic E-state index is 0.0508. The van der Waals surface area contributed by atoms with Gasteiger partial charge in [0, 0.05) is 7.05 Å². The van der Waals surface area contributed by atoms with Crippen LogP contribution in [0.1, 0.15) is 88.5 Å². The summed E-state index contributed by atoms with van der Waals surface area (Å²) in [7, 11) is 1.45. The number of carbonyl (C=O) groups is 4. The molecular formula is C25H48INO8. The molecule has 0 aromatic carbocycles. The van der Waals surface area contributed by atoms with E-state index in [9.17, 15) is 19.2 Å². The summed E-state index contributed by atoms with van der Waals surface area (Å²) in [5, 5.41) is 18.1. The molecule has 2 N–H and O–H groups in total. The summed E-state index contributed by atoms with van der Waals surface area (Å²) < 4.78 is 10.2. The Labute approximate surface area is 225 Å². The number of carboxylic acid groups (broad SMARTS) is 2. The Hall–Kier alpha value is -1.59. The van der Waals surface area contributed by atoms with Crippen molar-refractivity contribution in [2.24, 2.45) is 17.8 Å². The third-order valence-electron chi connectivity index (χ3n) is 4.07. The highest BCUT2D eigenvalue weighted by Crippen LogP contribution is 2.19. The molecule has 0 aromatic rings. The van der Waals surface area contributed by atoms with Crippen LogP contribution in [-0.4, -0.2) is 68.3 Å². The predicted octanol–water partition coefficient (Wildman–Crippen LogP) is 5.87. The minimum atomic E-state index is -1.01. The molecule has 0 aliphatic carbocycles. The summed E-state index contributed by atoms with van der Waals surface area (Å²) in [6.45, 7) is 18.2. The van der Waals surface area contributed by atoms with Crippen LogP contribution in [0.25, 0.3) is 0 Å². The van der Waals surface area contributed by atoms with Gasteiger partial charge in [-0.05, 0) is 71.2 Å². The van der Waals surface area contributed by atoms with E-state index in [1.54, 1.807) is 41.5 Å². The van der Waals surface area contributed by atoms with Gasteiger partial charge in [-0.3, -0.25) is 14.5 Å². The Balaban J connectivity index is -0.000000547. The summed E-state index contributed by atoms with van der Waals surface area (Å²) in [4.78, 5) is 48.3. The van der Waals surface area contributed by atoms with Gasteiger partial charge >= 0.3 is 24.0 Å². The van der Waals surface area contributed by atoms with Crippen molar-refractivity contribution in [2.75, 3.05) is 12.0 Å². The van der Waals surface area contributed by atoms with Crippen molar-refractivity contribution in [3.05, 3.63) is 0 Å². The number of alkyl halides is 1. The lowest BCUT2D eigenvalue weighted by molar-refractivity contribution is -0.160. The molecule has 0 spiro atoms. The Kier molecular flexibility index (Phi) is 19.3. The van der Waals surface area contributed by atoms with Crippen molar-refractivity contribution >= 4 is 46.6 Å². The fourth-order valence-corrected chi connectivity index (χ4v) is 2.76. The Morgan fingerprint density at radius 2 is 1.17 bits per heavy atom. The van der Waals surface area contributed by atoms with E-state index in [1.165, 1.54) is 7.05 Å². The maximum absolute atomic E-state index is 11.7. The average molecular weight is 618 g/mol. The zero-order valence-corrected chi connectivity index (χ0v) is 25.8. The van der Waals surface area contributed by atoms with Gasteiger partial charge in [0.25, 0.3) is 0 Å². The van der Waals surface area contributed by atoms with Crippen LogP contribution in [-0.2, 0) is 23.9 Å². The molecule has 35 heavy (non-hydrogen) atoms. The van der Waals surface area contributed by atoms with Crippen molar-refractivity contribution in [2.45, 2.75) is 106 Å². The third kappa shape index (κ3) is 22.6. The van der Waals surface area contributed by atoms with Crippen molar-refractivity contribution in [3.8, 4) is 0 Å². The number of carbonyl (C=O) groups excluding carboxylic acids is 2. The summed E-state index contributed by atoms with van der Waals surface area (Å²) in [5.74, 6) is -2.58. The van der Waals surface area contributed by atoms with Gasteiger partial charge in [-0.25, -0.2) is 9.59 Å². The lowest BCUT2D eigenvalue weighted by Crippen LogP contribution is -2.45. The Morgan fingerprint density at radius 1 is 0.771 bits per heavy atom. The molecule has 1 amide bonds. The van der Waals surface area contributed by atoms with E-state index in [0.717, 1.165) is 4.90 Å². The lowest BCUT2D eigenvalue weighted by Gasteiger charge is -2.29. The second-order valence-corrected chi connectivity index (χ2v) is 11.0. The molecule has 9 nitrogen and oxygen atoms in total. The summed E-state index contributed by atoms with van der Waals surface area (Å²) in [6.07, 6.45) is 0.246. The largest absolute Gasteiger partial charge is 0.481 e. The number of esters is 1. The van der Waals surface area contributed by atoms with E-state index in [-0.39, 0.29) is 18.3 Å². The number of amides is 1. The SMILES string of the molecule is CC(C)C[C@@H](C(=O)O)N(C)C(=O)OC(C)(C)C.CC(C)C[C@H](CC(=O)OC(C)(C)C)C(=O)O.CI. The van der Waals surface area contributed by atoms with Crippen LogP contribution < -0.4 is 0 Å². The van der Waals surface area contributed by atoms with E-state index >= 15 is 0 Å². The first-order chi connectivity index (χ1) is 15.7. The van der Waals surface area contributed by atoms with E-state index in [0.29, 0.717) is 12.8 Å². The zero-order chi connectivity index (χ0) is 28.7. The standard InChI is InChI=1S/C12H23NO4.C12H22O4.CH3I/c1-8(2)7-9(10(14)15)13(6)11(16)17-12(3,4)5;1-8(2)6-9(11(14)15)7-10(13)16-12(3,4)5;1-2/h8-9H,7H2,1-6H3,(H,14,15);8-9H,6-7H2,1-5H3,(H,14,15);1H3/t2*9-;/m01./s1. The smallest absolute Gasteiger partial charge is 0.410 e. The molecule has 208 valence electrons. The highest BCUT2D eigenvalue weighted by Gasteiger charge is 2.30. The second kappa shape index (κ2) is 17.8. The van der Waals surface area contributed by atoms with Gasteiger partial charge in [-0.15, -0.1) is 0 Å². The molecule has 0 saturated heterocycles. The molecule has 0 unspecified atom stereocenters. The van der Waals surface area contributed by atoms with Crippen molar-refractivity contribution < 1.29 is 38.9 Å². The number of nitrogens with zero attached hydrogens (tertiary/aromatic N) is 1. The molecule has 0 aliphatic rings. The van der Waals surface area contributed by atoms with Crippen LogP contribution >= 0.6 is 22.6 Å². The molecular weight excluding hydrogens is 569 g/mol. The lowest BCUT2D eigenvalue weighted by atomic mass is 9.94. The fourth-order valence-electron chi connectivity index (χ4n) is 2.76. The van der Waals surface area contributed by atoms with Gasteiger partial charge in [0.05, 0.1) is 12.3 Å². The van der Waals surface area contributed by atoms with Crippen LogP contribution in [0.3, 0.4) is 0 Å². The maximum atomic E-state index is 11.7. The number of aliphatic carboxylic acids is 2. The molecule has 10 heteroatoms. The van der Waals surface area contributed by atoms with Gasteiger partial charge < -0.3 is 19.7 Å².